The zero-order valence-electron chi connectivity index (χ0n) is 18.3. The number of benzene rings is 1. The van der Waals surface area contributed by atoms with Crippen LogP contribution < -0.4 is 4.72 Å². The van der Waals surface area contributed by atoms with Gasteiger partial charge in [0.25, 0.3) is 10.0 Å². The van der Waals surface area contributed by atoms with Crippen molar-refractivity contribution in [3.8, 4) is 0 Å². The molecule has 2 heterocycles. The molecule has 11 heteroatoms. The molecule has 0 spiro atoms. The first kappa shape index (κ1) is 24.2. The van der Waals surface area contributed by atoms with Gasteiger partial charge in [0, 0.05) is 5.69 Å². The molecule has 0 fully saturated rings. The smallest absolute Gasteiger partial charge is 0.340 e. The van der Waals surface area contributed by atoms with Crippen LogP contribution in [0.15, 0.2) is 46.0 Å². The highest BCUT2D eigenvalue weighted by Gasteiger charge is 2.28. The Labute approximate surface area is 194 Å². The molecule has 9 nitrogen and oxygen atoms in total. The van der Waals surface area contributed by atoms with Crippen LogP contribution in [0.25, 0.3) is 0 Å². The summed E-state index contributed by atoms with van der Waals surface area (Å²) in [6.45, 7) is 4.61. The van der Waals surface area contributed by atoms with Gasteiger partial charge in [0.1, 0.15) is 4.21 Å². The number of H-pyrrole nitrogens is 1. The zero-order valence-corrected chi connectivity index (χ0v) is 19.9. The number of hydrogen-bond donors (Lipinski definition) is 2. The molecular formula is C22H22N2O7S2. The average Bonchev–Trinajstić information content (AvgIpc) is 3.41. The number of thiophene rings is 1. The maximum Gasteiger partial charge on any atom is 0.340 e. The van der Waals surface area contributed by atoms with Crippen LogP contribution in [0.2, 0.25) is 0 Å². The molecule has 1 atom stereocenters. The lowest BCUT2D eigenvalue weighted by Crippen LogP contribution is -2.26. The van der Waals surface area contributed by atoms with Crippen LogP contribution in [-0.2, 0) is 19.5 Å². The maximum atomic E-state index is 12.9. The fourth-order valence-electron chi connectivity index (χ4n) is 3.25. The van der Waals surface area contributed by atoms with Gasteiger partial charge >= 0.3 is 11.9 Å². The molecule has 0 unspecified atom stereocenters. The van der Waals surface area contributed by atoms with Crippen molar-refractivity contribution in [3.05, 3.63) is 69.9 Å². The van der Waals surface area contributed by atoms with Crippen molar-refractivity contribution in [2.45, 2.75) is 31.1 Å². The Hall–Kier alpha value is -3.44. The van der Waals surface area contributed by atoms with Gasteiger partial charge in [0.05, 0.1) is 29.6 Å². The van der Waals surface area contributed by atoms with E-state index in [1.165, 1.54) is 32.2 Å². The molecule has 0 saturated carbocycles. The number of Topliss-reactive ketones (excluding diaryl/α,β-unsaturated/α-hetero) is 1. The number of carbonyl (C=O) groups is 3. The molecule has 2 aromatic heterocycles. The Morgan fingerprint density at radius 2 is 1.76 bits per heavy atom. The standard InChI is InChI=1S/C22H22N2O7S2/c1-12-18(22(27)30-4)13(2)23-19(12)20(25)14(3)31-21(26)15-8-5-6-9-16(15)24-33(28,29)17-10-7-11-32-17/h5-11,14,23-24H,1-4H3/t14-/m0/s1. The van der Waals surface area contributed by atoms with Gasteiger partial charge in [-0.3, -0.25) is 9.52 Å². The number of ether oxygens (including phenoxy) is 2. The van der Waals surface area contributed by atoms with Gasteiger partial charge in [-0.2, -0.15) is 0 Å². The Morgan fingerprint density at radius 1 is 1.06 bits per heavy atom. The number of sulfonamides is 1. The lowest BCUT2D eigenvalue weighted by atomic mass is 10.1. The second-order valence-corrected chi connectivity index (χ2v) is 9.97. The minimum atomic E-state index is -3.89. The minimum Gasteiger partial charge on any atom is -0.465 e. The van der Waals surface area contributed by atoms with E-state index in [2.05, 4.69) is 9.71 Å². The molecule has 0 bridgehead atoms. The molecule has 0 aliphatic heterocycles. The predicted octanol–water partition coefficient (Wildman–Crippen LogP) is 3.71. The first-order chi connectivity index (χ1) is 15.6. The minimum absolute atomic E-state index is 0.0235. The van der Waals surface area contributed by atoms with E-state index >= 15 is 0 Å². The molecule has 1 aromatic carbocycles. The van der Waals surface area contributed by atoms with E-state index in [-0.39, 0.29) is 26.7 Å². The number of anilines is 1. The summed E-state index contributed by atoms with van der Waals surface area (Å²) >= 11 is 1.04. The third-order valence-corrected chi connectivity index (χ3v) is 7.64. The van der Waals surface area contributed by atoms with Gasteiger partial charge in [0.15, 0.2) is 6.10 Å². The maximum absolute atomic E-state index is 12.9. The summed E-state index contributed by atoms with van der Waals surface area (Å²) in [4.78, 5) is 40.5. The Morgan fingerprint density at radius 3 is 2.39 bits per heavy atom. The lowest BCUT2D eigenvalue weighted by molar-refractivity contribution is 0.0317. The molecule has 0 aliphatic rings. The normalized spacial score (nSPS) is 12.1. The first-order valence-electron chi connectivity index (χ1n) is 9.74. The molecule has 0 amide bonds. The highest BCUT2D eigenvalue weighted by molar-refractivity contribution is 7.94. The number of nitrogens with one attached hydrogen (secondary N) is 2. The fraction of sp³-hybridized carbons (Fsp3) is 0.227. The average molecular weight is 491 g/mol. The van der Waals surface area contributed by atoms with Gasteiger partial charge in [-0.25, -0.2) is 18.0 Å². The number of rotatable bonds is 8. The summed E-state index contributed by atoms with van der Waals surface area (Å²) in [5.41, 5.74) is 1.18. The van der Waals surface area contributed by atoms with Crippen LogP contribution in [0, 0.1) is 13.8 Å². The summed E-state index contributed by atoms with van der Waals surface area (Å²) in [5.74, 6) is -2.01. The van der Waals surface area contributed by atoms with Crippen LogP contribution in [0.1, 0.15) is 49.4 Å². The van der Waals surface area contributed by atoms with Crippen molar-refractivity contribution < 1.29 is 32.3 Å². The monoisotopic (exact) mass is 490 g/mol. The van der Waals surface area contributed by atoms with E-state index in [0.29, 0.717) is 11.3 Å². The van der Waals surface area contributed by atoms with Crippen LogP contribution in [0.3, 0.4) is 0 Å². The zero-order chi connectivity index (χ0) is 24.3. The quantitative estimate of drug-likeness (QED) is 0.363. The lowest BCUT2D eigenvalue weighted by Gasteiger charge is -2.15. The Balaban J connectivity index is 1.81. The van der Waals surface area contributed by atoms with E-state index in [0.717, 1.165) is 11.3 Å². The van der Waals surface area contributed by atoms with Crippen molar-refractivity contribution in [1.29, 1.82) is 0 Å². The summed E-state index contributed by atoms with van der Waals surface area (Å²) in [6, 6.07) is 8.98. The molecule has 174 valence electrons. The molecule has 0 aliphatic carbocycles. The van der Waals surface area contributed by atoms with Gasteiger partial charge in [-0.15, -0.1) is 11.3 Å². The Bertz CT molecular complexity index is 1310. The summed E-state index contributed by atoms with van der Waals surface area (Å²) in [5, 5.41) is 1.62. The first-order valence-corrected chi connectivity index (χ1v) is 12.1. The van der Waals surface area contributed by atoms with E-state index in [9.17, 15) is 22.8 Å². The fourth-order valence-corrected chi connectivity index (χ4v) is 5.32. The molecule has 3 aromatic rings. The summed E-state index contributed by atoms with van der Waals surface area (Å²) in [7, 11) is -2.65. The number of carbonyl (C=O) groups excluding carboxylic acids is 3. The van der Waals surface area contributed by atoms with Crippen molar-refractivity contribution in [2.75, 3.05) is 11.8 Å². The van der Waals surface area contributed by atoms with Crippen LogP contribution in [-0.4, -0.2) is 44.3 Å². The van der Waals surface area contributed by atoms with Crippen molar-refractivity contribution in [1.82, 2.24) is 4.98 Å². The largest absolute Gasteiger partial charge is 0.465 e. The topological polar surface area (TPSA) is 132 Å². The highest BCUT2D eigenvalue weighted by Crippen LogP contribution is 2.25. The number of aromatic amines is 1. The molecular weight excluding hydrogens is 468 g/mol. The number of aryl methyl sites for hydroxylation is 1. The number of para-hydroxylation sites is 1. The van der Waals surface area contributed by atoms with Crippen LogP contribution >= 0.6 is 11.3 Å². The van der Waals surface area contributed by atoms with Crippen molar-refractivity contribution in [3.63, 3.8) is 0 Å². The van der Waals surface area contributed by atoms with Gasteiger partial charge < -0.3 is 14.5 Å². The van der Waals surface area contributed by atoms with Crippen LogP contribution in [0.4, 0.5) is 5.69 Å². The number of hydrogen-bond acceptors (Lipinski definition) is 8. The molecule has 3 rings (SSSR count). The molecule has 0 radical (unpaired) electrons. The van der Waals surface area contributed by atoms with Gasteiger partial charge in [-0.05, 0) is 49.9 Å². The number of ketones is 1. The van der Waals surface area contributed by atoms with Crippen molar-refractivity contribution in [2.24, 2.45) is 0 Å². The Kier molecular flexibility index (Phi) is 7.04. The predicted molar refractivity (Wildman–Crippen MR) is 122 cm³/mol. The SMILES string of the molecule is COC(=O)c1c(C)[nH]c(C(=O)[C@H](C)OC(=O)c2ccccc2NS(=O)(=O)c2cccs2)c1C. The van der Waals surface area contributed by atoms with E-state index in [1.54, 1.807) is 37.4 Å². The third kappa shape index (κ3) is 4.99. The summed E-state index contributed by atoms with van der Waals surface area (Å²) in [6.07, 6.45) is -1.21. The number of methoxy groups -OCH3 is 1. The number of aromatic nitrogens is 1. The second kappa shape index (κ2) is 9.59. The van der Waals surface area contributed by atoms with Crippen molar-refractivity contribution >= 4 is 44.8 Å². The van der Waals surface area contributed by atoms with Gasteiger partial charge in [0.2, 0.25) is 5.78 Å². The van der Waals surface area contributed by atoms with E-state index in [1.807, 2.05) is 0 Å². The third-order valence-electron chi connectivity index (χ3n) is 4.88. The van der Waals surface area contributed by atoms with Gasteiger partial charge in [-0.1, -0.05) is 18.2 Å². The van der Waals surface area contributed by atoms with Crippen LogP contribution in [0.5, 0.6) is 0 Å². The van der Waals surface area contributed by atoms with E-state index in [4.69, 9.17) is 9.47 Å². The summed E-state index contributed by atoms with van der Waals surface area (Å²) < 4.78 is 37.7. The molecule has 33 heavy (non-hydrogen) atoms. The second-order valence-electron chi connectivity index (χ2n) is 7.11. The number of esters is 2. The molecule has 2 N–H and O–H groups in total. The molecule has 0 saturated heterocycles. The van der Waals surface area contributed by atoms with E-state index < -0.39 is 33.8 Å². The highest BCUT2D eigenvalue weighted by atomic mass is 32.2.